The summed E-state index contributed by atoms with van der Waals surface area (Å²) in [7, 11) is 0. The molecule has 0 spiro atoms. The molecule has 0 amide bonds. The fourth-order valence-corrected chi connectivity index (χ4v) is 1.53. The van der Waals surface area contributed by atoms with E-state index in [0.29, 0.717) is 17.8 Å². The molecule has 0 unspecified atom stereocenters. The standard InChI is InChI=1S/C14H14FN3/c1-10(12-4-5-14(16)13(15)7-12)18-9-11-3-2-6-17-8-11/h2-8,18H,1,9,16H2. The Morgan fingerprint density at radius 1 is 1.39 bits per heavy atom. The monoisotopic (exact) mass is 243 g/mol. The smallest absolute Gasteiger partial charge is 0.146 e. The lowest BCUT2D eigenvalue weighted by Crippen LogP contribution is -2.11. The summed E-state index contributed by atoms with van der Waals surface area (Å²) in [5.41, 5.74) is 7.93. The van der Waals surface area contributed by atoms with E-state index in [4.69, 9.17) is 5.73 Å². The van der Waals surface area contributed by atoms with Gasteiger partial charge in [0.15, 0.2) is 0 Å². The van der Waals surface area contributed by atoms with Gasteiger partial charge in [-0.15, -0.1) is 0 Å². The highest BCUT2D eigenvalue weighted by Gasteiger charge is 2.03. The molecule has 1 aromatic heterocycles. The molecule has 92 valence electrons. The van der Waals surface area contributed by atoms with Crippen LogP contribution in [0.4, 0.5) is 10.1 Å². The molecule has 0 aliphatic rings. The number of halogens is 1. The maximum absolute atomic E-state index is 13.3. The molecule has 1 aromatic carbocycles. The summed E-state index contributed by atoms with van der Waals surface area (Å²) in [6.07, 6.45) is 3.48. The van der Waals surface area contributed by atoms with E-state index in [1.54, 1.807) is 18.5 Å². The van der Waals surface area contributed by atoms with E-state index >= 15 is 0 Å². The van der Waals surface area contributed by atoms with Crippen molar-refractivity contribution in [1.82, 2.24) is 10.3 Å². The van der Waals surface area contributed by atoms with Crippen LogP contribution in [0.1, 0.15) is 11.1 Å². The fourth-order valence-electron chi connectivity index (χ4n) is 1.53. The molecule has 0 atom stereocenters. The molecule has 18 heavy (non-hydrogen) atoms. The number of hydrogen-bond acceptors (Lipinski definition) is 3. The number of aromatic nitrogens is 1. The van der Waals surface area contributed by atoms with Crippen LogP contribution in [0.25, 0.3) is 5.70 Å². The van der Waals surface area contributed by atoms with Gasteiger partial charge in [0, 0.05) is 30.2 Å². The Hall–Kier alpha value is -2.36. The number of nitrogens with zero attached hydrogens (tertiary/aromatic N) is 1. The summed E-state index contributed by atoms with van der Waals surface area (Å²) in [4.78, 5) is 4.01. The number of pyridine rings is 1. The van der Waals surface area contributed by atoms with Gasteiger partial charge in [-0.3, -0.25) is 4.98 Å². The largest absolute Gasteiger partial charge is 0.396 e. The van der Waals surface area contributed by atoms with Gasteiger partial charge in [0.25, 0.3) is 0 Å². The summed E-state index contributed by atoms with van der Waals surface area (Å²) in [5, 5.41) is 3.12. The molecule has 4 heteroatoms. The number of benzene rings is 1. The zero-order valence-electron chi connectivity index (χ0n) is 9.86. The molecular weight excluding hydrogens is 229 g/mol. The van der Waals surface area contributed by atoms with E-state index in [1.165, 1.54) is 12.1 Å². The number of hydrogen-bond donors (Lipinski definition) is 2. The average molecular weight is 243 g/mol. The van der Waals surface area contributed by atoms with Crippen LogP contribution in [0.15, 0.2) is 49.3 Å². The summed E-state index contributed by atoms with van der Waals surface area (Å²) in [6, 6.07) is 8.45. The normalized spacial score (nSPS) is 10.1. The zero-order chi connectivity index (χ0) is 13.0. The lowest BCUT2D eigenvalue weighted by molar-refractivity contribution is 0.632. The molecule has 0 saturated heterocycles. The lowest BCUT2D eigenvalue weighted by atomic mass is 10.1. The van der Waals surface area contributed by atoms with Gasteiger partial charge in [-0.25, -0.2) is 4.39 Å². The number of nitrogens with two attached hydrogens (primary N) is 1. The van der Waals surface area contributed by atoms with E-state index in [-0.39, 0.29) is 5.69 Å². The van der Waals surface area contributed by atoms with Crippen LogP contribution >= 0.6 is 0 Å². The highest BCUT2D eigenvalue weighted by atomic mass is 19.1. The topological polar surface area (TPSA) is 50.9 Å². The van der Waals surface area contributed by atoms with E-state index in [2.05, 4.69) is 16.9 Å². The molecule has 2 rings (SSSR count). The molecule has 0 fully saturated rings. The first-order valence-corrected chi connectivity index (χ1v) is 5.54. The predicted octanol–water partition coefficient (Wildman–Crippen LogP) is 2.56. The van der Waals surface area contributed by atoms with Gasteiger partial charge in [0.05, 0.1) is 5.69 Å². The minimum absolute atomic E-state index is 0.138. The number of rotatable bonds is 4. The van der Waals surface area contributed by atoms with Crippen LogP contribution in [0.5, 0.6) is 0 Å². The Morgan fingerprint density at radius 2 is 2.22 bits per heavy atom. The van der Waals surface area contributed by atoms with Crippen molar-refractivity contribution in [3.05, 3.63) is 66.2 Å². The maximum atomic E-state index is 13.3. The van der Waals surface area contributed by atoms with E-state index < -0.39 is 5.82 Å². The molecular formula is C14H14FN3. The molecule has 1 heterocycles. The van der Waals surface area contributed by atoms with Crippen molar-refractivity contribution in [2.45, 2.75) is 6.54 Å². The van der Waals surface area contributed by atoms with Gasteiger partial charge in [-0.2, -0.15) is 0 Å². The Labute approximate surface area is 105 Å². The molecule has 0 saturated carbocycles. The van der Waals surface area contributed by atoms with Crippen molar-refractivity contribution in [2.75, 3.05) is 5.73 Å². The summed E-state index contributed by atoms with van der Waals surface area (Å²) >= 11 is 0. The Morgan fingerprint density at radius 3 is 2.89 bits per heavy atom. The van der Waals surface area contributed by atoms with Crippen LogP contribution in [0.2, 0.25) is 0 Å². The quantitative estimate of drug-likeness (QED) is 0.811. The Balaban J connectivity index is 2.02. The molecule has 2 aromatic rings. The second-order valence-electron chi connectivity index (χ2n) is 3.93. The Bertz CT molecular complexity index is 552. The van der Waals surface area contributed by atoms with Crippen LogP contribution in [-0.4, -0.2) is 4.98 Å². The number of nitrogens with one attached hydrogen (secondary N) is 1. The second-order valence-corrected chi connectivity index (χ2v) is 3.93. The third-order valence-electron chi connectivity index (χ3n) is 2.58. The van der Waals surface area contributed by atoms with Crippen molar-refractivity contribution in [3.63, 3.8) is 0 Å². The van der Waals surface area contributed by atoms with E-state index in [1.807, 2.05) is 12.1 Å². The number of anilines is 1. The molecule has 3 N–H and O–H groups in total. The van der Waals surface area contributed by atoms with Crippen molar-refractivity contribution in [2.24, 2.45) is 0 Å². The minimum atomic E-state index is -0.433. The molecule has 0 aliphatic carbocycles. The highest BCUT2D eigenvalue weighted by Crippen LogP contribution is 2.16. The molecule has 0 aliphatic heterocycles. The number of nitrogen functional groups attached to an aromatic ring is 1. The Kier molecular flexibility index (Phi) is 3.57. The van der Waals surface area contributed by atoms with Gasteiger partial charge in [-0.1, -0.05) is 18.7 Å². The van der Waals surface area contributed by atoms with Crippen molar-refractivity contribution >= 4 is 11.4 Å². The summed E-state index contributed by atoms with van der Waals surface area (Å²) < 4.78 is 13.3. The first-order valence-electron chi connectivity index (χ1n) is 5.54. The van der Waals surface area contributed by atoms with Crippen molar-refractivity contribution < 1.29 is 4.39 Å². The third kappa shape index (κ3) is 2.85. The van der Waals surface area contributed by atoms with Crippen LogP contribution in [0.3, 0.4) is 0 Å². The third-order valence-corrected chi connectivity index (χ3v) is 2.58. The molecule has 3 nitrogen and oxygen atoms in total. The van der Waals surface area contributed by atoms with Gasteiger partial charge in [-0.05, 0) is 23.8 Å². The second kappa shape index (κ2) is 5.31. The fraction of sp³-hybridized carbons (Fsp3) is 0.0714. The van der Waals surface area contributed by atoms with Crippen molar-refractivity contribution in [1.29, 1.82) is 0 Å². The predicted molar refractivity (Wildman–Crippen MR) is 70.9 cm³/mol. The van der Waals surface area contributed by atoms with Crippen LogP contribution in [0, 0.1) is 5.82 Å². The van der Waals surface area contributed by atoms with Crippen LogP contribution < -0.4 is 11.1 Å². The molecule has 0 bridgehead atoms. The minimum Gasteiger partial charge on any atom is -0.396 e. The van der Waals surface area contributed by atoms with E-state index in [0.717, 1.165) is 5.56 Å². The van der Waals surface area contributed by atoms with Gasteiger partial charge >= 0.3 is 0 Å². The van der Waals surface area contributed by atoms with Gasteiger partial charge in [0.2, 0.25) is 0 Å². The molecule has 0 radical (unpaired) electrons. The first-order chi connectivity index (χ1) is 8.66. The summed E-state index contributed by atoms with van der Waals surface area (Å²) in [6.45, 7) is 4.47. The summed E-state index contributed by atoms with van der Waals surface area (Å²) in [5.74, 6) is -0.433. The SMILES string of the molecule is C=C(NCc1cccnc1)c1ccc(N)c(F)c1. The van der Waals surface area contributed by atoms with E-state index in [9.17, 15) is 4.39 Å². The maximum Gasteiger partial charge on any atom is 0.146 e. The lowest BCUT2D eigenvalue weighted by Gasteiger charge is -2.10. The highest BCUT2D eigenvalue weighted by molar-refractivity contribution is 5.63. The van der Waals surface area contributed by atoms with Gasteiger partial charge in [0.1, 0.15) is 5.82 Å². The first kappa shape index (κ1) is 12.1. The zero-order valence-corrected chi connectivity index (χ0v) is 9.86. The van der Waals surface area contributed by atoms with Crippen molar-refractivity contribution in [3.8, 4) is 0 Å². The average Bonchev–Trinajstić information content (AvgIpc) is 2.40. The van der Waals surface area contributed by atoms with Crippen LogP contribution in [-0.2, 0) is 6.54 Å². The van der Waals surface area contributed by atoms with Gasteiger partial charge < -0.3 is 11.1 Å².